The lowest BCUT2D eigenvalue weighted by molar-refractivity contribution is 1.74. The topological polar surface area (TPSA) is 0 Å². The minimum Gasteiger partial charge on any atom is -0.130 e. The molecule has 2 atom stereocenters. The van der Waals surface area contributed by atoms with Crippen LogP contribution in [0.15, 0.2) is 72.1 Å². The Bertz CT molecular complexity index is 479. The number of alkyl halides is 2. The molecule has 0 amide bonds. The molecule has 0 saturated heterocycles. The van der Waals surface area contributed by atoms with Crippen LogP contribution in [-0.4, -0.2) is 28.6 Å². The highest BCUT2D eigenvalue weighted by molar-refractivity contribution is 6.87. The minimum absolute atomic E-state index is 0.735. The van der Waals surface area contributed by atoms with E-state index in [4.69, 9.17) is 23.2 Å². The van der Waals surface area contributed by atoms with E-state index in [-0.39, 0.29) is 0 Å². The van der Waals surface area contributed by atoms with E-state index in [1.807, 2.05) is 12.1 Å². The van der Waals surface area contributed by atoms with Crippen LogP contribution in [0.3, 0.4) is 0 Å². The Balaban J connectivity index is 2.13. The lowest BCUT2D eigenvalue weighted by Crippen LogP contribution is -2.34. The first-order valence-corrected chi connectivity index (χ1v) is 11.9. The van der Waals surface area contributed by atoms with Gasteiger partial charge in [0.2, 0.25) is 0 Å². The van der Waals surface area contributed by atoms with E-state index < -0.39 is 17.6 Å². The first-order valence-electron chi connectivity index (χ1n) is 6.75. The van der Waals surface area contributed by atoms with Gasteiger partial charge in [-0.3, -0.25) is 0 Å². The summed E-state index contributed by atoms with van der Waals surface area (Å²) in [6.07, 6.45) is 0. The van der Waals surface area contributed by atoms with E-state index in [0.29, 0.717) is 0 Å². The molecule has 0 nitrogen and oxygen atoms in total. The van der Waals surface area contributed by atoms with Gasteiger partial charge in [0, 0.05) is 11.0 Å². The molecule has 0 N–H and O–H groups in total. The van der Waals surface area contributed by atoms with Crippen LogP contribution in [0, 0.1) is 0 Å². The maximum atomic E-state index is 6.17. The SMILES string of the molecule is ClC[SiH](/C=C/[SiH](CCl)c1ccccc1)c1ccccc1. The van der Waals surface area contributed by atoms with Crippen molar-refractivity contribution in [2.24, 2.45) is 0 Å². The monoisotopic (exact) mass is 336 g/mol. The maximum absolute atomic E-state index is 6.17. The molecule has 0 aliphatic carbocycles. The third-order valence-corrected chi connectivity index (χ3v) is 10.3. The van der Waals surface area contributed by atoms with Crippen molar-refractivity contribution in [1.29, 1.82) is 0 Å². The fraction of sp³-hybridized carbons (Fsp3) is 0.125. The van der Waals surface area contributed by atoms with Gasteiger partial charge in [0.25, 0.3) is 0 Å². The molecule has 0 fully saturated rings. The van der Waals surface area contributed by atoms with Crippen molar-refractivity contribution in [1.82, 2.24) is 0 Å². The fourth-order valence-corrected chi connectivity index (χ4v) is 8.44. The molecule has 2 aromatic carbocycles. The van der Waals surface area contributed by atoms with Gasteiger partial charge in [-0.1, -0.05) is 82.4 Å². The molecule has 0 aliphatic heterocycles. The molecule has 0 aromatic heterocycles. The second kappa shape index (κ2) is 8.47. The first kappa shape index (κ1) is 15.6. The molecule has 0 spiro atoms. The van der Waals surface area contributed by atoms with Crippen molar-refractivity contribution in [2.75, 3.05) is 11.0 Å². The smallest absolute Gasteiger partial charge is 0.108 e. The van der Waals surface area contributed by atoms with Gasteiger partial charge in [0.15, 0.2) is 0 Å². The summed E-state index contributed by atoms with van der Waals surface area (Å²) in [7, 11) is -2.41. The van der Waals surface area contributed by atoms with E-state index in [2.05, 4.69) is 59.9 Å². The van der Waals surface area contributed by atoms with E-state index in [1.54, 1.807) is 0 Å². The molecule has 2 unspecified atom stereocenters. The lowest BCUT2D eigenvalue weighted by atomic mass is 10.4. The largest absolute Gasteiger partial charge is 0.130 e. The van der Waals surface area contributed by atoms with Crippen molar-refractivity contribution < 1.29 is 0 Å². The van der Waals surface area contributed by atoms with Gasteiger partial charge in [0.05, 0.1) is 0 Å². The second-order valence-electron chi connectivity index (χ2n) is 4.73. The Hall–Kier alpha value is -0.806. The molecule has 2 aromatic rings. The van der Waals surface area contributed by atoms with Crippen molar-refractivity contribution in [3.8, 4) is 0 Å². The molecule has 0 heterocycles. The van der Waals surface area contributed by atoms with Crippen LogP contribution < -0.4 is 10.4 Å². The Morgan fingerprint density at radius 2 is 1.00 bits per heavy atom. The molecule has 0 aliphatic rings. The van der Waals surface area contributed by atoms with Gasteiger partial charge in [-0.25, -0.2) is 0 Å². The van der Waals surface area contributed by atoms with E-state index in [0.717, 1.165) is 11.0 Å². The average Bonchev–Trinajstić information content (AvgIpc) is 2.53. The maximum Gasteiger partial charge on any atom is 0.108 e. The third-order valence-electron chi connectivity index (χ3n) is 3.36. The minimum atomic E-state index is -1.20. The van der Waals surface area contributed by atoms with Crippen molar-refractivity contribution in [3.63, 3.8) is 0 Å². The molecule has 0 saturated carbocycles. The fourth-order valence-electron chi connectivity index (χ4n) is 2.17. The molecule has 0 radical (unpaired) electrons. The van der Waals surface area contributed by atoms with Gasteiger partial charge >= 0.3 is 0 Å². The Labute approximate surface area is 134 Å². The highest BCUT2D eigenvalue weighted by Crippen LogP contribution is 1.98. The molecular formula is C16H18Cl2Si2. The van der Waals surface area contributed by atoms with Crippen LogP contribution in [0.2, 0.25) is 0 Å². The quantitative estimate of drug-likeness (QED) is 0.561. The number of hydrogen-bond donors (Lipinski definition) is 0. The van der Waals surface area contributed by atoms with Crippen molar-refractivity contribution in [2.45, 2.75) is 0 Å². The van der Waals surface area contributed by atoms with Crippen LogP contribution >= 0.6 is 23.2 Å². The third kappa shape index (κ3) is 4.35. The number of halogens is 2. The normalized spacial score (nSPS) is 14.3. The van der Waals surface area contributed by atoms with E-state index >= 15 is 0 Å². The van der Waals surface area contributed by atoms with Crippen LogP contribution in [0.4, 0.5) is 0 Å². The van der Waals surface area contributed by atoms with Crippen LogP contribution in [0.5, 0.6) is 0 Å². The number of benzene rings is 2. The Kier molecular flexibility index (Phi) is 6.60. The standard InChI is InChI=1S/C16H18Cl2Si2/c17-13-19(15-7-3-1-4-8-15)11-12-20(14-18)16-9-5-2-6-10-16/h1-12,19-20H,13-14H2/b12-11+. The van der Waals surface area contributed by atoms with Gasteiger partial charge in [-0.2, -0.15) is 0 Å². The summed E-state index contributed by atoms with van der Waals surface area (Å²) in [5.74, 6) is 0. The summed E-state index contributed by atoms with van der Waals surface area (Å²) in [6.45, 7) is 0. The molecule has 2 rings (SSSR count). The van der Waals surface area contributed by atoms with E-state index in [1.165, 1.54) is 10.4 Å². The van der Waals surface area contributed by atoms with Gasteiger partial charge < -0.3 is 0 Å². The molecular weight excluding hydrogens is 319 g/mol. The predicted octanol–water partition coefficient (Wildman–Crippen LogP) is 2.45. The zero-order valence-corrected chi connectivity index (χ0v) is 15.1. The lowest BCUT2D eigenvalue weighted by Gasteiger charge is -2.11. The van der Waals surface area contributed by atoms with E-state index in [9.17, 15) is 0 Å². The molecule has 4 heteroatoms. The number of rotatable bonds is 6. The zero-order valence-electron chi connectivity index (χ0n) is 11.3. The van der Waals surface area contributed by atoms with Crippen LogP contribution in [0.1, 0.15) is 0 Å². The summed E-state index contributed by atoms with van der Waals surface area (Å²) in [5, 5.41) is 2.79. The predicted molar refractivity (Wildman–Crippen MR) is 97.0 cm³/mol. The molecule has 0 bridgehead atoms. The van der Waals surface area contributed by atoms with Crippen molar-refractivity contribution in [3.05, 3.63) is 72.1 Å². The summed E-state index contributed by atoms with van der Waals surface area (Å²) in [5.41, 5.74) is 6.21. The summed E-state index contributed by atoms with van der Waals surface area (Å²) >= 11 is 12.3. The highest BCUT2D eigenvalue weighted by Gasteiger charge is 2.12. The Morgan fingerprint density at radius 1 is 0.650 bits per heavy atom. The Morgan fingerprint density at radius 3 is 1.30 bits per heavy atom. The van der Waals surface area contributed by atoms with Crippen LogP contribution in [-0.2, 0) is 0 Å². The molecule has 104 valence electrons. The van der Waals surface area contributed by atoms with Gasteiger partial charge in [-0.05, 0) is 0 Å². The van der Waals surface area contributed by atoms with Gasteiger partial charge in [-0.15, -0.1) is 23.2 Å². The summed E-state index contributed by atoms with van der Waals surface area (Å²) < 4.78 is 0. The van der Waals surface area contributed by atoms with Gasteiger partial charge in [0.1, 0.15) is 17.6 Å². The first-order chi connectivity index (χ1) is 9.85. The molecule has 20 heavy (non-hydrogen) atoms. The second-order valence-corrected chi connectivity index (χ2v) is 11.7. The zero-order chi connectivity index (χ0) is 14.2. The number of hydrogen-bond acceptors (Lipinski definition) is 0. The highest BCUT2D eigenvalue weighted by atomic mass is 35.5. The average molecular weight is 337 g/mol. The summed E-state index contributed by atoms with van der Waals surface area (Å²) in [4.78, 5) is 0. The van der Waals surface area contributed by atoms with Crippen molar-refractivity contribution >= 4 is 51.2 Å². The van der Waals surface area contributed by atoms with Crippen LogP contribution in [0.25, 0.3) is 0 Å². The summed E-state index contributed by atoms with van der Waals surface area (Å²) in [6, 6.07) is 21.2.